The molecule has 170 valence electrons. The minimum absolute atomic E-state index is 0.0697. The van der Waals surface area contributed by atoms with Gasteiger partial charge in [0, 0.05) is 11.8 Å². The zero-order valence-corrected chi connectivity index (χ0v) is 17.9. The van der Waals surface area contributed by atoms with Crippen molar-refractivity contribution in [2.24, 2.45) is 0 Å². The second-order valence-electron chi connectivity index (χ2n) is 7.21. The number of ether oxygens (including phenoxy) is 2. The Hall–Kier alpha value is -3.99. The van der Waals surface area contributed by atoms with Crippen molar-refractivity contribution in [1.29, 1.82) is 0 Å². The molecule has 0 unspecified atom stereocenters. The van der Waals surface area contributed by atoms with Crippen LogP contribution in [0.4, 0.5) is 0 Å². The van der Waals surface area contributed by atoms with Gasteiger partial charge in [0.2, 0.25) is 0 Å². The molecule has 0 saturated carbocycles. The number of benzene rings is 1. The van der Waals surface area contributed by atoms with Gasteiger partial charge >= 0.3 is 11.9 Å². The number of esters is 1. The molecular weight excluding hydrogens is 452 g/mol. The van der Waals surface area contributed by atoms with Gasteiger partial charge in [0.25, 0.3) is 5.91 Å². The summed E-state index contributed by atoms with van der Waals surface area (Å²) in [5.74, 6) is -3.31. The van der Waals surface area contributed by atoms with Crippen LogP contribution in [0, 0.1) is 0 Å². The van der Waals surface area contributed by atoms with Crippen molar-refractivity contribution in [3.8, 4) is 5.75 Å². The fourth-order valence-electron chi connectivity index (χ4n) is 3.54. The topological polar surface area (TPSA) is 140 Å². The van der Waals surface area contributed by atoms with Crippen LogP contribution in [0.15, 0.2) is 71.6 Å². The maximum atomic E-state index is 12.9. The van der Waals surface area contributed by atoms with Crippen molar-refractivity contribution in [2.45, 2.75) is 5.37 Å². The molecule has 0 spiro atoms. The van der Waals surface area contributed by atoms with Crippen LogP contribution in [-0.2, 0) is 29.0 Å². The van der Waals surface area contributed by atoms with E-state index in [1.807, 2.05) is 0 Å². The number of carbonyl (C=O) groups excluding carboxylic acids is 2. The van der Waals surface area contributed by atoms with E-state index in [1.54, 1.807) is 48.5 Å². The van der Waals surface area contributed by atoms with Gasteiger partial charge in [-0.15, -0.1) is 0 Å². The van der Waals surface area contributed by atoms with E-state index >= 15 is 0 Å². The van der Waals surface area contributed by atoms with Gasteiger partial charge in [0.05, 0.1) is 17.0 Å². The average Bonchev–Trinajstić information content (AvgIpc) is 2.80. The van der Waals surface area contributed by atoms with Crippen molar-refractivity contribution in [3.63, 3.8) is 0 Å². The number of para-hydroxylation sites is 1. The van der Waals surface area contributed by atoms with Crippen LogP contribution < -0.4 is 4.74 Å². The lowest BCUT2D eigenvalue weighted by Gasteiger charge is -2.45. The quantitative estimate of drug-likeness (QED) is 0.357. The van der Waals surface area contributed by atoms with Crippen LogP contribution in [0.25, 0.3) is 6.08 Å². The van der Waals surface area contributed by atoms with E-state index in [4.69, 9.17) is 9.47 Å². The third-order valence-electron chi connectivity index (χ3n) is 4.96. The van der Waals surface area contributed by atoms with E-state index in [0.717, 1.165) is 0 Å². The number of hydrogen-bond acceptors (Lipinski definition) is 8. The first-order valence-electron chi connectivity index (χ1n) is 9.74. The molecule has 33 heavy (non-hydrogen) atoms. The number of carbonyl (C=O) groups is 3. The summed E-state index contributed by atoms with van der Waals surface area (Å²) in [7, 11) is -3.98. The van der Waals surface area contributed by atoms with E-state index in [1.165, 1.54) is 12.3 Å². The van der Waals surface area contributed by atoms with Crippen LogP contribution in [0.1, 0.15) is 5.69 Å². The Morgan fingerprint density at radius 3 is 2.55 bits per heavy atom. The minimum Gasteiger partial charge on any atom is -0.482 e. The van der Waals surface area contributed by atoms with Crippen molar-refractivity contribution in [2.75, 3.05) is 19.0 Å². The molecule has 2 aliphatic heterocycles. The number of fused-ring (bicyclic) bond motifs is 1. The van der Waals surface area contributed by atoms with E-state index < -0.39 is 57.7 Å². The van der Waals surface area contributed by atoms with Gasteiger partial charge in [-0.05, 0) is 30.3 Å². The molecule has 1 N–H and O–H groups in total. The Balaban J connectivity index is 1.53. The third-order valence-corrected chi connectivity index (χ3v) is 6.85. The highest BCUT2D eigenvalue weighted by Crippen LogP contribution is 2.40. The standard InChI is InChI=1S/C22H18N2O8S/c25-18(12-31-16-7-2-1-3-8-16)32-11-14-13-33(29,30)21-17(10-15-6-4-5-9-23-15)20(26)24(21)19(14)22(27)28/h1-10,21H,11-13H2,(H,27,28)/b17-10-/t21-/m1/s1. The molecule has 10 nitrogen and oxygen atoms in total. The first kappa shape index (κ1) is 22.2. The molecule has 1 aromatic carbocycles. The normalized spacial score (nSPS) is 20.1. The summed E-state index contributed by atoms with van der Waals surface area (Å²) in [6, 6.07) is 13.4. The number of nitrogens with zero attached hydrogens (tertiary/aromatic N) is 2. The second kappa shape index (κ2) is 8.87. The molecule has 1 amide bonds. The molecule has 1 saturated heterocycles. The molecular formula is C22H18N2O8S. The van der Waals surface area contributed by atoms with Gasteiger partial charge in [0.1, 0.15) is 18.1 Å². The second-order valence-corrected chi connectivity index (χ2v) is 9.27. The van der Waals surface area contributed by atoms with E-state index in [9.17, 15) is 27.9 Å². The Labute approximate surface area is 188 Å². The zero-order chi connectivity index (χ0) is 23.6. The van der Waals surface area contributed by atoms with Crippen molar-refractivity contribution in [1.82, 2.24) is 9.88 Å². The number of sulfone groups is 1. The van der Waals surface area contributed by atoms with Crippen LogP contribution in [-0.4, -0.2) is 65.6 Å². The van der Waals surface area contributed by atoms with Crippen molar-refractivity contribution in [3.05, 3.63) is 77.3 Å². The fraction of sp³-hybridized carbons (Fsp3) is 0.182. The van der Waals surface area contributed by atoms with Gasteiger partial charge in [-0.2, -0.15) is 0 Å². The molecule has 1 fully saturated rings. The molecule has 0 radical (unpaired) electrons. The van der Waals surface area contributed by atoms with Crippen LogP contribution >= 0.6 is 0 Å². The fourth-order valence-corrected chi connectivity index (χ4v) is 5.49. The SMILES string of the molecule is O=C(COc1ccccc1)OCC1=C(C(=O)O)N2C(=O)/C(=C/c3ccccn3)[C@H]2S(=O)(=O)C1. The summed E-state index contributed by atoms with van der Waals surface area (Å²) in [5.41, 5.74) is -0.402. The Kier molecular flexibility index (Phi) is 5.97. The van der Waals surface area contributed by atoms with E-state index in [2.05, 4.69) is 4.98 Å². The highest BCUT2D eigenvalue weighted by Gasteiger charge is 2.56. The lowest BCUT2D eigenvalue weighted by molar-refractivity contribution is -0.145. The molecule has 11 heteroatoms. The van der Waals surface area contributed by atoms with Crippen LogP contribution in [0.5, 0.6) is 5.75 Å². The van der Waals surface area contributed by atoms with Gasteiger partial charge in [0.15, 0.2) is 21.8 Å². The Morgan fingerprint density at radius 2 is 1.88 bits per heavy atom. The lowest BCUT2D eigenvalue weighted by atomic mass is 10.0. The van der Waals surface area contributed by atoms with Crippen LogP contribution in [0.2, 0.25) is 0 Å². The summed E-state index contributed by atoms with van der Waals surface area (Å²) in [5, 5.41) is 8.24. The monoisotopic (exact) mass is 470 g/mol. The van der Waals surface area contributed by atoms with E-state index in [-0.39, 0.29) is 11.1 Å². The molecule has 0 aliphatic carbocycles. The van der Waals surface area contributed by atoms with E-state index in [0.29, 0.717) is 16.3 Å². The molecule has 3 heterocycles. The lowest BCUT2D eigenvalue weighted by Crippen LogP contribution is -2.62. The number of amides is 1. The highest BCUT2D eigenvalue weighted by atomic mass is 32.2. The smallest absolute Gasteiger partial charge is 0.352 e. The molecule has 2 aromatic rings. The van der Waals surface area contributed by atoms with Gasteiger partial charge < -0.3 is 14.6 Å². The molecule has 4 rings (SSSR count). The number of aliphatic carboxylic acids is 1. The maximum Gasteiger partial charge on any atom is 0.352 e. The Bertz CT molecular complexity index is 1270. The number of aromatic nitrogens is 1. The molecule has 1 aromatic heterocycles. The largest absolute Gasteiger partial charge is 0.482 e. The van der Waals surface area contributed by atoms with Gasteiger partial charge in [-0.3, -0.25) is 14.7 Å². The van der Waals surface area contributed by atoms with Gasteiger partial charge in [-0.1, -0.05) is 24.3 Å². The average molecular weight is 470 g/mol. The third kappa shape index (κ3) is 4.48. The first-order chi connectivity index (χ1) is 15.8. The summed E-state index contributed by atoms with van der Waals surface area (Å²) in [6.07, 6.45) is 2.81. The summed E-state index contributed by atoms with van der Waals surface area (Å²) in [4.78, 5) is 41.3. The predicted octanol–water partition coefficient (Wildman–Crippen LogP) is 1.02. The summed E-state index contributed by atoms with van der Waals surface area (Å²) >= 11 is 0. The molecule has 2 aliphatic rings. The number of β-lactam (4-membered cyclic amide) rings is 1. The summed E-state index contributed by atoms with van der Waals surface area (Å²) < 4.78 is 36.0. The number of rotatable bonds is 7. The maximum absolute atomic E-state index is 12.9. The predicted molar refractivity (Wildman–Crippen MR) is 114 cm³/mol. The molecule has 0 bridgehead atoms. The minimum atomic E-state index is -3.98. The first-order valence-corrected chi connectivity index (χ1v) is 11.5. The number of pyridine rings is 1. The van der Waals surface area contributed by atoms with Crippen LogP contribution in [0.3, 0.4) is 0 Å². The number of carboxylic acids is 1. The number of carboxylic acid groups (broad SMARTS) is 1. The van der Waals surface area contributed by atoms with Crippen molar-refractivity contribution >= 4 is 33.8 Å². The number of hydrogen-bond donors (Lipinski definition) is 1. The summed E-state index contributed by atoms with van der Waals surface area (Å²) in [6.45, 7) is -1.05. The highest BCUT2D eigenvalue weighted by molar-refractivity contribution is 7.92. The zero-order valence-electron chi connectivity index (χ0n) is 17.1. The Morgan fingerprint density at radius 1 is 1.15 bits per heavy atom. The van der Waals surface area contributed by atoms with Crippen molar-refractivity contribution < 1.29 is 37.4 Å². The molecule has 1 atom stereocenters. The van der Waals surface area contributed by atoms with Gasteiger partial charge in [-0.25, -0.2) is 18.0 Å².